The number of rotatable bonds is 1. The highest BCUT2D eigenvalue weighted by atomic mass is 79.9. The molecule has 0 bridgehead atoms. The smallest absolute Gasteiger partial charge is 0.278 e. The van der Waals surface area contributed by atoms with Crippen LogP contribution in [0.4, 0.5) is 0 Å². The summed E-state index contributed by atoms with van der Waals surface area (Å²) in [7, 11) is 1.72. The van der Waals surface area contributed by atoms with Crippen molar-refractivity contribution in [3.8, 4) is 0 Å². The predicted octanol–water partition coefficient (Wildman–Crippen LogP) is 2.08. The molecule has 4 nitrogen and oxygen atoms in total. The lowest BCUT2D eigenvalue weighted by molar-refractivity contribution is 0.537. The molecule has 5 heteroatoms. The van der Waals surface area contributed by atoms with Crippen LogP contribution in [0, 0.1) is 0 Å². The van der Waals surface area contributed by atoms with E-state index in [0.29, 0.717) is 5.52 Å². The molecule has 0 aromatic carbocycles. The van der Waals surface area contributed by atoms with E-state index in [1.807, 2.05) is 20.0 Å². The zero-order valence-electron chi connectivity index (χ0n) is 8.86. The fourth-order valence-electron chi connectivity index (χ4n) is 1.45. The summed E-state index contributed by atoms with van der Waals surface area (Å²) in [5.41, 5.74) is 0.452. The zero-order chi connectivity index (χ0) is 11.2. The highest BCUT2D eigenvalue weighted by molar-refractivity contribution is 9.10. The molecule has 0 saturated carbocycles. The molecule has 0 spiro atoms. The van der Waals surface area contributed by atoms with Crippen molar-refractivity contribution in [2.24, 2.45) is 7.05 Å². The summed E-state index contributed by atoms with van der Waals surface area (Å²) in [6.45, 7) is 4.06. The predicted molar refractivity (Wildman–Crippen MR) is 63.1 cm³/mol. The number of hydrogen-bond acceptors (Lipinski definition) is 2. The molecule has 0 aliphatic rings. The van der Waals surface area contributed by atoms with Gasteiger partial charge in [0.2, 0.25) is 0 Å². The molecule has 80 valence electrons. The summed E-state index contributed by atoms with van der Waals surface area (Å²) < 4.78 is 4.23. The molecule has 0 atom stereocenters. The number of fused-ring (bicyclic) bond motifs is 1. The minimum absolute atomic E-state index is 0.0624. The van der Waals surface area contributed by atoms with E-state index >= 15 is 0 Å². The van der Waals surface area contributed by atoms with Gasteiger partial charge in [-0.2, -0.15) is 5.10 Å². The standard InChI is InChI=1S/C10H12BrN3O/c1-6(2)14-4-7-8(11)5-13(3)10(15)9(7)12-14/h4-6H,1-3H3. The molecular weight excluding hydrogens is 258 g/mol. The van der Waals surface area contributed by atoms with E-state index in [4.69, 9.17) is 0 Å². The minimum atomic E-state index is -0.0624. The summed E-state index contributed by atoms with van der Waals surface area (Å²) in [5.74, 6) is 0. The maximum Gasteiger partial charge on any atom is 0.278 e. The third kappa shape index (κ3) is 1.61. The third-order valence-corrected chi connectivity index (χ3v) is 2.98. The van der Waals surface area contributed by atoms with Gasteiger partial charge in [0.05, 0.1) is 0 Å². The SMILES string of the molecule is CC(C)n1cc2c(Br)cn(C)c(=O)c2n1. The second-order valence-corrected chi connectivity index (χ2v) is 4.71. The van der Waals surface area contributed by atoms with E-state index in [0.717, 1.165) is 9.86 Å². The Kier molecular flexibility index (Phi) is 2.42. The number of aryl methyl sites for hydroxylation is 1. The van der Waals surface area contributed by atoms with Crippen LogP contribution < -0.4 is 5.56 Å². The van der Waals surface area contributed by atoms with E-state index < -0.39 is 0 Å². The Morgan fingerprint density at radius 2 is 2.07 bits per heavy atom. The van der Waals surface area contributed by atoms with Crippen LogP contribution in [-0.4, -0.2) is 14.3 Å². The number of hydrogen-bond donors (Lipinski definition) is 0. The summed E-state index contributed by atoms with van der Waals surface area (Å²) in [5, 5.41) is 5.15. The number of nitrogens with zero attached hydrogens (tertiary/aromatic N) is 3. The monoisotopic (exact) mass is 269 g/mol. The highest BCUT2D eigenvalue weighted by Gasteiger charge is 2.11. The van der Waals surface area contributed by atoms with Crippen LogP contribution in [0.5, 0.6) is 0 Å². The van der Waals surface area contributed by atoms with Gasteiger partial charge in [-0.25, -0.2) is 0 Å². The van der Waals surface area contributed by atoms with Crippen LogP contribution in [-0.2, 0) is 7.05 Å². The normalized spacial score (nSPS) is 11.5. The highest BCUT2D eigenvalue weighted by Crippen LogP contribution is 2.21. The van der Waals surface area contributed by atoms with Gasteiger partial charge in [0.25, 0.3) is 5.56 Å². The van der Waals surface area contributed by atoms with Gasteiger partial charge in [0.15, 0.2) is 5.52 Å². The minimum Gasteiger partial charge on any atom is -0.316 e. The molecule has 2 aromatic rings. The summed E-state index contributed by atoms with van der Waals surface area (Å²) in [4.78, 5) is 11.8. The molecule has 15 heavy (non-hydrogen) atoms. The Hall–Kier alpha value is -1.10. The van der Waals surface area contributed by atoms with Crippen molar-refractivity contribution in [3.05, 3.63) is 27.2 Å². The fraction of sp³-hybridized carbons (Fsp3) is 0.400. The largest absolute Gasteiger partial charge is 0.316 e. The summed E-state index contributed by atoms with van der Waals surface area (Å²) in [6.07, 6.45) is 3.66. The molecule has 0 aliphatic carbocycles. The lowest BCUT2D eigenvalue weighted by Gasteiger charge is -2.02. The Balaban J connectivity index is 2.86. The van der Waals surface area contributed by atoms with Crippen LogP contribution in [0.3, 0.4) is 0 Å². The van der Waals surface area contributed by atoms with Gasteiger partial charge in [0, 0.05) is 35.3 Å². The topological polar surface area (TPSA) is 39.8 Å². The molecule has 0 saturated heterocycles. The van der Waals surface area contributed by atoms with Crippen LogP contribution in [0.1, 0.15) is 19.9 Å². The van der Waals surface area contributed by atoms with Gasteiger partial charge in [-0.1, -0.05) is 0 Å². The quantitative estimate of drug-likeness (QED) is 0.795. The first kappa shape index (κ1) is 10.4. The van der Waals surface area contributed by atoms with Gasteiger partial charge >= 0.3 is 0 Å². The van der Waals surface area contributed by atoms with E-state index in [1.165, 1.54) is 4.57 Å². The Labute approximate surface area is 95.6 Å². The number of halogens is 1. The Bertz CT molecular complexity index is 568. The first-order valence-electron chi connectivity index (χ1n) is 4.74. The van der Waals surface area contributed by atoms with Crippen molar-refractivity contribution in [1.82, 2.24) is 14.3 Å². The van der Waals surface area contributed by atoms with E-state index in [2.05, 4.69) is 21.0 Å². The lowest BCUT2D eigenvalue weighted by Crippen LogP contribution is -2.16. The average Bonchev–Trinajstić information content (AvgIpc) is 2.59. The molecule has 0 fully saturated rings. The Morgan fingerprint density at radius 3 is 2.67 bits per heavy atom. The van der Waals surface area contributed by atoms with Crippen molar-refractivity contribution >= 4 is 26.8 Å². The van der Waals surface area contributed by atoms with Gasteiger partial charge in [-0.05, 0) is 29.8 Å². The molecule has 0 amide bonds. The van der Waals surface area contributed by atoms with E-state index in [9.17, 15) is 4.79 Å². The first-order valence-corrected chi connectivity index (χ1v) is 5.54. The van der Waals surface area contributed by atoms with E-state index in [1.54, 1.807) is 17.9 Å². The first-order chi connectivity index (χ1) is 7.00. The molecule has 0 N–H and O–H groups in total. The summed E-state index contributed by atoms with van der Waals surface area (Å²) >= 11 is 3.43. The third-order valence-electron chi connectivity index (χ3n) is 2.35. The van der Waals surface area contributed by atoms with Gasteiger partial charge in [0.1, 0.15) is 0 Å². The van der Waals surface area contributed by atoms with Gasteiger partial charge in [-0.15, -0.1) is 0 Å². The molecule has 2 aromatic heterocycles. The lowest BCUT2D eigenvalue weighted by atomic mass is 10.3. The van der Waals surface area contributed by atoms with Crippen LogP contribution in [0.25, 0.3) is 10.9 Å². The zero-order valence-corrected chi connectivity index (χ0v) is 10.4. The molecule has 0 aliphatic heterocycles. The van der Waals surface area contributed by atoms with Crippen molar-refractivity contribution in [2.45, 2.75) is 19.9 Å². The van der Waals surface area contributed by atoms with Crippen LogP contribution in [0.15, 0.2) is 21.7 Å². The van der Waals surface area contributed by atoms with E-state index in [-0.39, 0.29) is 11.6 Å². The van der Waals surface area contributed by atoms with Gasteiger partial charge < -0.3 is 4.57 Å². The van der Waals surface area contributed by atoms with Crippen molar-refractivity contribution in [2.75, 3.05) is 0 Å². The average molecular weight is 270 g/mol. The summed E-state index contributed by atoms with van der Waals surface area (Å²) in [6, 6.07) is 0.258. The van der Waals surface area contributed by atoms with Crippen molar-refractivity contribution in [1.29, 1.82) is 0 Å². The molecule has 2 heterocycles. The van der Waals surface area contributed by atoms with Crippen LogP contribution in [0.2, 0.25) is 0 Å². The second kappa shape index (κ2) is 3.48. The van der Waals surface area contributed by atoms with Crippen LogP contribution >= 0.6 is 15.9 Å². The Morgan fingerprint density at radius 1 is 1.40 bits per heavy atom. The number of pyridine rings is 1. The fourth-order valence-corrected chi connectivity index (χ4v) is 2.05. The number of aromatic nitrogens is 3. The molecule has 0 radical (unpaired) electrons. The van der Waals surface area contributed by atoms with Gasteiger partial charge in [-0.3, -0.25) is 9.48 Å². The van der Waals surface area contributed by atoms with Crippen molar-refractivity contribution < 1.29 is 0 Å². The second-order valence-electron chi connectivity index (χ2n) is 3.86. The van der Waals surface area contributed by atoms with Crippen molar-refractivity contribution in [3.63, 3.8) is 0 Å². The molecular formula is C10H12BrN3O. The maximum absolute atomic E-state index is 11.8. The molecule has 0 unspecified atom stereocenters. The molecule has 2 rings (SSSR count). The maximum atomic E-state index is 11.8.